The van der Waals surface area contributed by atoms with E-state index in [2.05, 4.69) is 4.72 Å². The minimum Gasteiger partial charge on any atom is -0.455 e. The first-order valence-corrected chi connectivity index (χ1v) is 11.5. The van der Waals surface area contributed by atoms with E-state index in [9.17, 15) is 13.7 Å². The summed E-state index contributed by atoms with van der Waals surface area (Å²) in [5.74, 6) is 0.867. The Morgan fingerprint density at radius 1 is 0.781 bits per heavy atom. The largest absolute Gasteiger partial charge is 0.455 e. The van der Waals surface area contributed by atoms with Crippen molar-refractivity contribution in [3.63, 3.8) is 0 Å². The summed E-state index contributed by atoms with van der Waals surface area (Å²) in [7, 11) is -3.79. The van der Waals surface area contributed by atoms with Gasteiger partial charge in [0.2, 0.25) is 10.0 Å². The Hall–Kier alpha value is -3.92. The maximum atomic E-state index is 12.7. The number of rotatable bonds is 7. The summed E-state index contributed by atoms with van der Waals surface area (Å²) >= 11 is 0. The van der Waals surface area contributed by atoms with Gasteiger partial charge in [-0.2, -0.15) is 5.26 Å². The summed E-state index contributed by atoms with van der Waals surface area (Å²) in [6, 6.07) is 32.8. The molecule has 0 atom stereocenters. The van der Waals surface area contributed by atoms with E-state index in [1.54, 1.807) is 0 Å². The van der Waals surface area contributed by atoms with Crippen LogP contribution in [-0.2, 0) is 16.6 Å². The molecule has 0 spiro atoms. The number of sulfonamides is 1. The van der Waals surface area contributed by atoms with E-state index in [4.69, 9.17) is 4.74 Å². The average molecular weight is 441 g/mol. The highest BCUT2D eigenvalue weighted by Crippen LogP contribution is 2.34. The van der Waals surface area contributed by atoms with Crippen molar-refractivity contribution in [1.82, 2.24) is 4.72 Å². The van der Waals surface area contributed by atoms with E-state index in [1.807, 2.05) is 91.0 Å². The Morgan fingerprint density at radius 2 is 1.44 bits per heavy atom. The smallest absolute Gasteiger partial charge is 0.240 e. The molecule has 5 nitrogen and oxygen atoms in total. The molecule has 4 aromatic rings. The van der Waals surface area contributed by atoms with Gasteiger partial charge in [-0.05, 0) is 35.4 Å². The molecule has 0 saturated heterocycles. The number of hydrogen-bond donors (Lipinski definition) is 1. The SMILES string of the molecule is N#Cc1cc(S(=O)(=O)NCc2ccccc2)ccc1Oc1ccccc1-c1ccccc1. The lowest BCUT2D eigenvalue weighted by Gasteiger charge is -2.13. The summed E-state index contributed by atoms with van der Waals surface area (Å²) in [4.78, 5) is 0.00803. The zero-order valence-corrected chi connectivity index (χ0v) is 17.9. The fourth-order valence-corrected chi connectivity index (χ4v) is 4.28. The van der Waals surface area contributed by atoms with E-state index in [1.165, 1.54) is 18.2 Å². The van der Waals surface area contributed by atoms with E-state index in [-0.39, 0.29) is 22.8 Å². The lowest BCUT2D eigenvalue weighted by Crippen LogP contribution is -2.23. The fraction of sp³-hybridized carbons (Fsp3) is 0.0385. The molecule has 0 saturated carbocycles. The fourth-order valence-electron chi connectivity index (χ4n) is 3.24. The second-order valence-electron chi connectivity index (χ2n) is 7.04. The number of nitrogens with zero attached hydrogens (tertiary/aromatic N) is 1. The summed E-state index contributed by atoms with van der Waals surface area (Å²) in [5.41, 5.74) is 2.83. The van der Waals surface area contributed by atoms with Crippen LogP contribution in [0.1, 0.15) is 11.1 Å². The van der Waals surface area contributed by atoms with E-state index >= 15 is 0 Å². The van der Waals surface area contributed by atoms with E-state index in [0.29, 0.717) is 5.75 Å². The third-order valence-corrected chi connectivity index (χ3v) is 6.28. The first kappa shape index (κ1) is 21.3. The molecular formula is C26H20N2O3S. The Kier molecular flexibility index (Phi) is 6.31. The maximum Gasteiger partial charge on any atom is 0.240 e. The highest BCUT2D eigenvalue weighted by atomic mass is 32.2. The highest BCUT2D eigenvalue weighted by molar-refractivity contribution is 7.89. The Morgan fingerprint density at radius 3 is 2.16 bits per heavy atom. The molecule has 4 aromatic carbocycles. The molecule has 0 amide bonds. The van der Waals surface area contributed by atoms with Crippen LogP contribution in [0, 0.1) is 11.3 Å². The Balaban J connectivity index is 1.60. The Bertz CT molecular complexity index is 1360. The van der Waals surface area contributed by atoms with Crippen LogP contribution in [-0.4, -0.2) is 8.42 Å². The number of hydrogen-bond acceptors (Lipinski definition) is 4. The van der Waals surface area contributed by atoms with Gasteiger partial charge < -0.3 is 4.74 Å². The van der Waals surface area contributed by atoms with Gasteiger partial charge in [0.1, 0.15) is 17.6 Å². The number of ether oxygens (including phenoxy) is 1. The van der Waals surface area contributed by atoms with Crippen molar-refractivity contribution >= 4 is 10.0 Å². The molecule has 4 rings (SSSR count). The molecular weight excluding hydrogens is 420 g/mol. The van der Waals surface area contributed by atoms with Crippen LogP contribution in [0.4, 0.5) is 0 Å². The zero-order chi connectivity index (χ0) is 22.4. The molecule has 0 radical (unpaired) electrons. The van der Waals surface area contributed by atoms with Crippen LogP contribution >= 0.6 is 0 Å². The van der Waals surface area contributed by atoms with E-state index < -0.39 is 10.0 Å². The topological polar surface area (TPSA) is 79.2 Å². The quantitative estimate of drug-likeness (QED) is 0.412. The van der Waals surface area contributed by atoms with Gasteiger partial charge >= 0.3 is 0 Å². The molecule has 6 heteroatoms. The van der Waals surface area contributed by atoms with Gasteiger partial charge in [-0.3, -0.25) is 0 Å². The average Bonchev–Trinajstić information content (AvgIpc) is 2.84. The van der Waals surface area contributed by atoms with Crippen molar-refractivity contribution in [2.45, 2.75) is 11.4 Å². The maximum absolute atomic E-state index is 12.7. The summed E-state index contributed by atoms with van der Waals surface area (Å²) in [5, 5.41) is 9.64. The van der Waals surface area contributed by atoms with E-state index in [0.717, 1.165) is 16.7 Å². The summed E-state index contributed by atoms with van der Waals surface area (Å²) < 4.78 is 34.1. The molecule has 0 unspecified atom stereocenters. The normalized spacial score (nSPS) is 11.0. The standard InChI is InChI=1S/C26H20N2O3S/c27-18-22-17-23(32(29,30)28-19-20-9-3-1-4-10-20)15-16-25(22)31-26-14-8-7-13-24(26)21-11-5-2-6-12-21/h1-17,28H,19H2. The van der Waals surface area contributed by atoms with Crippen molar-refractivity contribution in [3.8, 4) is 28.7 Å². The lowest BCUT2D eigenvalue weighted by molar-refractivity contribution is 0.482. The number of nitrogens with one attached hydrogen (secondary N) is 1. The highest BCUT2D eigenvalue weighted by Gasteiger charge is 2.17. The first-order chi connectivity index (χ1) is 15.6. The molecule has 0 aromatic heterocycles. The minimum absolute atomic E-state index is 0.00803. The van der Waals surface area contributed by atoms with Crippen molar-refractivity contribution < 1.29 is 13.2 Å². The van der Waals surface area contributed by atoms with Crippen LogP contribution in [0.3, 0.4) is 0 Å². The van der Waals surface area contributed by atoms with Crippen molar-refractivity contribution in [1.29, 1.82) is 5.26 Å². The van der Waals surface area contributed by atoms with Crippen molar-refractivity contribution in [3.05, 3.63) is 114 Å². The number of benzene rings is 4. The molecule has 0 bridgehead atoms. The van der Waals surface area contributed by atoms with Gasteiger partial charge in [0, 0.05) is 12.1 Å². The van der Waals surface area contributed by atoms with Crippen LogP contribution < -0.4 is 9.46 Å². The molecule has 0 aliphatic heterocycles. The predicted octanol–water partition coefficient (Wildman–Crippen LogP) is 5.50. The summed E-state index contributed by atoms with van der Waals surface area (Å²) in [6.07, 6.45) is 0. The Labute approximate surface area is 187 Å². The second-order valence-corrected chi connectivity index (χ2v) is 8.81. The van der Waals surface area contributed by atoms with Gasteiger partial charge in [-0.1, -0.05) is 78.9 Å². The zero-order valence-electron chi connectivity index (χ0n) is 17.1. The van der Waals surface area contributed by atoms with Crippen molar-refractivity contribution in [2.24, 2.45) is 0 Å². The molecule has 0 fully saturated rings. The molecule has 1 N–H and O–H groups in total. The van der Waals surface area contributed by atoms with Gasteiger partial charge in [0.25, 0.3) is 0 Å². The molecule has 158 valence electrons. The molecule has 32 heavy (non-hydrogen) atoms. The van der Waals surface area contributed by atoms with Gasteiger partial charge in [0.15, 0.2) is 0 Å². The molecule has 0 aliphatic carbocycles. The third-order valence-electron chi connectivity index (χ3n) is 4.88. The molecule has 0 heterocycles. The lowest BCUT2D eigenvalue weighted by atomic mass is 10.0. The van der Waals surface area contributed by atoms with Gasteiger partial charge in [0.05, 0.1) is 10.5 Å². The van der Waals surface area contributed by atoms with Crippen LogP contribution in [0.2, 0.25) is 0 Å². The third kappa shape index (κ3) is 4.86. The molecule has 0 aliphatic rings. The number of nitriles is 1. The second kappa shape index (κ2) is 9.48. The summed E-state index contributed by atoms with van der Waals surface area (Å²) in [6.45, 7) is 0.160. The van der Waals surface area contributed by atoms with Crippen LogP contribution in [0.25, 0.3) is 11.1 Å². The van der Waals surface area contributed by atoms with Crippen LogP contribution in [0.5, 0.6) is 11.5 Å². The van der Waals surface area contributed by atoms with Gasteiger partial charge in [-0.15, -0.1) is 0 Å². The number of para-hydroxylation sites is 1. The monoisotopic (exact) mass is 440 g/mol. The predicted molar refractivity (Wildman–Crippen MR) is 124 cm³/mol. The minimum atomic E-state index is -3.79. The van der Waals surface area contributed by atoms with Gasteiger partial charge in [-0.25, -0.2) is 13.1 Å². The van der Waals surface area contributed by atoms with Crippen LogP contribution in [0.15, 0.2) is 108 Å². The first-order valence-electron chi connectivity index (χ1n) is 9.97. The van der Waals surface area contributed by atoms with Crippen molar-refractivity contribution in [2.75, 3.05) is 0 Å².